The fraction of sp³-hybridized carbons (Fsp3) is 0.467. The molecule has 2 amide bonds. The van der Waals surface area contributed by atoms with Crippen LogP contribution in [-0.4, -0.2) is 26.6 Å². The van der Waals surface area contributed by atoms with Gasteiger partial charge in [-0.15, -0.1) is 0 Å². The minimum absolute atomic E-state index is 0.146. The third kappa shape index (κ3) is 1.80. The highest BCUT2D eigenvalue weighted by molar-refractivity contribution is 9.12. The molecule has 1 heterocycles. The predicted octanol–water partition coefficient (Wildman–Crippen LogP) is 3.33. The summed E-state index contributed by atoms with van der Waals surface area (Å²) in [5, 5.41) is 10.4. The first-order chi connectivity index (χ1) is 10.4. The van der Waals surface area contributed by atoms with E-state index in [-0.39, 0.29) is 56.6 Å². The van der Waals surface area contributed by atoms with Crippen molar-refractivity contribution in [3.05, 3.63) is 23.2 Å². The third-order valence-corrected chi connectivity index (χ3v) is 8.61. The number of amides is 2. The summed E-state index contributed by atoms with van der Waals surface area (Å²) >= 11 is 13.1. The van der Waals surface area contributed by atoms with E-state index in [1.165, 1.54) is 12.1 Å². The van der Waals surface area contributed by atoms with Crippen LogP contribution in [0.5, 0.6) is 5.75 Å². The van der Waals surface area contributed by atoms with Crippen LogP contribution in [0.1, 0.15) is 6.42 Å². The molecule has 0 aromatic heterocycles. The van der Waals surface area contributed by atoms with Crippen LogP contribution in [0.15, 0.2) is 18.2 Å². The molecule has 0 unspecified atom stereocenters. The number of nitrogens with zero attached hydrogens (tertiary/aromatic N) is 1. The van der Waals surface area contributed by atoms with E-state index in [0.717, 1.165) is 11.3 Å². The molecule has 2 saturated carbocycles. The molecule has 3 aliphatic rings. The molecule has 22 heavy (non-hydrogen) atoms. The van der Waals surface area contributed by atoms with Gasteiger partial charge >= 0.3 is 0 Å². The Hall–Kier alpha value is -0.590. The summed E-state index contributed by atoms with van der Waals surface area (Å²) in [5.74, 6) is -0.803. The van der Waals surface area contributed by atoms with Crippen molar-refractivity contribution in [1.29, 1.82) is 0 Å². The maximum Gasteiger partial charge on any atom is 0.238 e. The van der Waals surface area contributed by atoms with Crippen molar-refractivity contribution >= 4 is 61.0 Å². The molecule has 1 aromatic carbocycles. The molecule has 116 valence electrons. The smallest absolute Gasteiger partial charge is 0.238 e. The van der Waals surface area contributed by atoms with Crippen molar-refractivity contribution in [3.63, 3.8) is 0 Å². The van der Waals surface area contributed by atoms with Crippen LogP contribution >= 0.6 is 43.5 Å². The van der Waals surface area contributed by atoms with Gasteiger partial charge in [0.25, 0.3) is 0 Å². The number of rotatable bonds is 1. The van der Waals surface area contributed by atoms with Crippen LogP contribution in [0.2, 0.25) is 5.02 Å². The first kappa shape index (κ1) is 15.0. The number of hydrogen-bond acceptors (Lipinski definition) is 3. The molecule has 1 saturated heterocycles. The van der Waals surface area contributed by atoms with Gasteiger partial charge in [-0.1, -0.05) is 43.5 Å². The van der Waals surface area contributed by atoms with Gasteiger partial charge in [-0.3, -0.25) is 9.59 Å². The number of carbonyl (C=O) groups is 2. The van der Waals surface area contributed by atoms with Crippen LogP contribution in [-0.2, 0) is 9.59 Å². The average Bonchev–Trinajstić information content (AvgIpc) is 3.06. The largest absolute Gasteiger partial charge is 0.506 e. The quantitative estimate of drug-likeness (QED) is 0.529. The molecule has 7 heteroatoms. The van der Waals surface area contributed by atoms with Crippen LogP contribution in [0.25, 0.3) is 0 Å². The van der Waals surface area contributed by atoms with Crippen LogP contribution in [0.3, 0.4) is 0 Å². The van der Waals surface area contributed by atoms with E-state index in [9.17, 15) is 14.7 Å². The summed E-state index contributed by atoms with van der Waals surface area (Å²) in [6.45, 7) is 0. The Morgan fingerprint density at radius 2 is 1.64 bits per heavy atom. The monoisotopic (exact) mass is 447 g/mol. The van der Waals surface area contributed by atoms with Gasteiger partial charge in [0, 0.05) is 20.7 Å². The second kappa shape index (κ2) is 4.95. The number of hydrogen-bond donors (Lipinski definition) is 1. The van der Waals surface area contributed by atoms with Crippen LogP contribution in [0.4, 0.5) is 5.69 Å². The minimum Gasteiger partial charge on any atom is -0.506 e. The number of fused-ring (bicyclic) bond motifs is 5. The van der Waals surface area contributed by atoms with Crippen molar-refractivity contribution in [2.45, 2.75) is 16.1 Å². The zero-order valence-corrected chi connectivity index (χ0v) is 15.2. The molecular formula is C15H12Br2ClNO3. The summed E-state index contributed by atoms with van der Waals surface area (Å²) in [4.78, 5) is 27.2. The van der Waals surface area contributed by atoms with E-state index in [1.807, 2.05) is 0 Å². The van der Waals surface area contributed by atoms with Gasteiger partial charge < -0.3 is 5.11 Å². The summed E-state index contributed by atoms with van der Waals surface area (Å²) in [6.07, 6.45) is 0.888. The Morgan fingerprint density at radius 1 is 1.09 bits per heavy atom. The summed E-state index contributed by atoms with van der Waals surface area (Å²) in [7, 11) is 0. The molecule has 0 radical (unpaired) electrons. The molecule has 1 aliphatic heterocycles. The molecule has 0 spiro atoms. The Kier molecular flexibility index (Phi) is 3.37. The minimum atomic E-state index is -0.286. The van der Waals surface area contributed by atoms with Gasteiger partial charge in [0.15, 0.2) is 0 Å². The van der Waals surface area contributed by atoms with Crippen molar-refractivity contribution in [2.24, 2.45) is 23.7 Å². The van der Waals surface area contributed by atoms with Gasteiger partial charge in [-0.2, -0.15) is 0 Å². The number of aromatic hydroxyl groups is 1. The van der Waals surface area contributed by atoms with Crippen molar-refractivity contribution in [3.8, 4) is 5.75 Å². The van der Waals surface area contributed by atoms with Gasteiger partial charge in [-0.25, -0.2) is 4.90 Å². The number of phenolic OH excluding ortho intramolecular Hbond substituents is 1. The maximum atomic E-state index is 12.8. The fourth-order valence-corrected chi connectivity index (χ4v) is 6.31. The second-order valence-electron chi connectivity index (χ2n) is 6.15. The van der Waals surface area contributed by atoms with E-state index in [1.54, 1.807) is 6.07 Å². The fourth-order valence-electron chi connectivity index (χ4n) is 4.27. The maximum absolute atomic E-state index is 12.8. The molecule has 4 nitrogen and oxygen atoms in total. The van der Waals surface area contributed by atoms with E-state index in [4.69, 9.17) is 11.6 Å². The highest BCUT2D eigenvalue weighted by atomic mass is 79.9. The number of carbonyl (C=O) groups excluding carboxylic acids is 2. The number of alkyl halides is 2. The molecule has 3 fully saturated rings. The van der Waals surface area contributed by atoms with Gasteiger partial charge in [0.05, 0.1) is 17.5 Å². The highest BCUT2D eigenvalue weighted by Gasteiger charge is 2.66. The van der Waals surface area contributed by atoms with Crippen molar-refractivity contribution in [2.75, 3.05) is 4.90 Å². The summed E-state index contributed by atoms with van der Waals surface area (Å²) in [6, 6.07) is 4.44. The van der Waals surface area contributed by atoms with Crippen molar-refractivity contribution in [1.82, 2.24) is 0 Å². The first-order valence-corrected chi connectivity index (χ1v) is 9.27. The Morgan fingerprint density at radius 3 is 2.14 bits per heavy atom. The van der Waals surface area contributed by atoms with Gasteiger partial charge in [-0.05, 0) is 30.4 Å². The highest BCUT2D eigenvalue weighted by Crippen LogP contribution is 2.60. The molecule has 2 aliphatic carbocycles. The lowest BCUT2D eigenvalue weighted by Gasteiger charge is -2.28. The number of phenols is 1. The summed E-state index contributed by atoms with van der Waals surface area (Å²) in [5.41, 5.74) is 0.227. The number of halogens is 3. The van der Waals surface area contributed by atoms with E-state index in [2.05, 4.69) is 31.9 Å². The Bertz CT molecular complexity index is 665. The third-order valence-electron chi connectivity index (χ3n) is 5.17. The normalized spacial score (nSPS) is 39.7. The topological polar surface area (TPSA) is 57.6 Å². The zero-order chi connectivity index (χ0) is 15.8. The number of benzene rings is 1. The number of imide groups is 1. The SMILES string of the molecule is O=C1[C@@H]2[C@H]3C[C@@H]([C@H](Br)[C@@H]3Br)[C@@H]2C(=O)N1c1ccc(Cl)cc1O. The van der Waals surface area contributed by atoms with Crippen LogP contribution < -0.4 is 4.90 Å². The molecule has 1 aromatic rings. The Labute approximate surface area is 149 Å². The van der Waals surface area contributed by atoms with E-state index < -0.39 is 0 Å². The lowest BCUT2D eigenvalue weighted by molar-refractivity contribution is -0.123. The first-order valence-electron chi connectivity index (χ1n) is 7.06. The molecule has 2 bridgehead atoms. The van der Waals surface area contributed by atoms with Gasteiger partial charge in [0.1, 0.15) is 5.75 Å². The van der Waals surface area contributed by atoms with Crippen LogP contribution in [0, 0.1) is 23.7 Å². The molecular weight excluding hydrogens is 437 g/mol. The number of anilines is 1. The lowest BCUT2D eigenvalue weighted by Crippen LogP contribution is -2.37. The molecule has 4 rings (SSSR count). The Balaban J connectivity index is 1.76. The van der Waals surface area contributed by atoms with E-state index >= 15 is 0 Å². The van der Waals surface area contributed by atoms with Gasteiger partial charge in [0.2, 0.25) is 11.8 Å². The predicted molar refractivity (Wildman–Crippen MR) is 89.6 cm³/mol. The molecule has 6 atom stereocenters. The van der Waals surface area contributed by atoms with E-state index in [0.29, 0.717) is 5.02 Å². The second-order valence-corrected chi connectivity index (χ2v) is 8.70. The standard InChI is InChI=1S/C15H12Br2ClNO3/c16-12-6-4-7(13(12)17)11-10(6)14(21)19(15(11)22)8-2-1-5(18)3-9(8)20/h1-3,6-7,10-13,20H,4H2/t6-,7-,10-,11+,12-,13+/m1/s1. The lowest BCUT2D eigenvalue weighted by atomic mass is 9.81. The van der Waals surface area contributed by atoms with Crippen molar-refractivity contribution < 1.29 is 14.7 Å². The zero-order valence-electron chi connectivity index (χ0n) is 11.2. The summed E-state index contributed by atoms with van der Waals surface area (Å²) < 4.78 is 0. The molecule has 1 N–H and O–H groups in total. The average molecular weight is 450 g/mol.